The second-order valence-electron chi connectivity index (χ2n) is 6.45. The molecular weight excluding hydrogens is 220 g/mol. The molecule has 98 valence electrons. The third kappa shape index (κ3) is 2.37. The number of urea groups is 1. The van der Waals surface area contributed by atoms with Crippen LogP contribution < -0.4 is 5.32 Å². The van der Waals surface area contributed by atoms with Crippen LogP contribution in [-0.2, 0) is 4.74 Å². The van der Waals surface area contributed by atoms with E-state index in [4.69, 9.17) is 4.74 Å². The van der Waals surface area contributed by atoms with Crippen molar-refractivity contribution in [2.45, 2.75) is 65.1 Å². The monoisotopic (exact) mass is 242 g/mol. The first-order chi connectivity index (χ1) is 7.38. The predicted molar refractivity (Wildman–Crippen MR) is 64.8 cm³/mol. The van der Waals surface area contributed by atoms with Gasteiger partial charge in [-0.15, -0.1) is 0 Å². The van der Waals surface area contributed by atoms with Crippen LogP contribution in [0.25, 0.3) is 0 Å². The topological polar surface area (TPSA) is 58.6 Å². The van der Waals surface area contributed by atoms with Gasteiger partial charge in [0.25, 0.3) is 0 Å². The number of nitrogens with zero attached hydrogens (tertiary/aromatic N) is 1. The van der Waals surface area contributed by atoms with E-state index < -0.39 is 23.3 Å². The van der Waals surface area contributed by atoms with Crippen LogP contribution in [0.15, 0.2) is 0 Å². The molecule has 1 heterocycles. The van der Waals surface area contributed by atoms with Crippen LogP contribution in [0.5, 0.6) is 0 Å². The zero-order valence-electron chi connectivity index (χ0n) is 11.7. The van der Waals surface area contributed by atoms with E-state index in [1.807, 2.05) is 34.6 Å². The zero-order chi connectivity index (χ0) is 13.6. The molecule has 1 N–H and O–H groups in total. The maximum atomic E-state index is 12.1. The Hall–Kier alpha value is -1.26. The number of carbonyl (C=O) groups is 2. The molecule has 1 saturated heterocycles. The van der Waals surface area contributed by atoms with Gasteiger partial charge in [-0.05, 0) is 48.5 Å². The minimum atomic E-state index is -0.695. The molecule has 0 aromatic heterocycles. The largest absolute Gasteiger partial charge is 0.441 e. The summed E-state index contributed by atoms with van der Waals surface area (Å²) in [6.07, 6.45) is -0.596. The number of hydrogen-bond donors (Lipinski definition) is 1. The van der Waals surface area contributed by atoms with Crippen LogP contribution >= 0.6 is 0 Å². The molecule has 0 saturated carbocycles. The number of carbonyl (C=O) groups excluding carboxylic acids is 2. The van der Waals surface area contributed by atoms with Gasteiger partial charge >= 0.3 is 12.1 Å². The lowest BCUT2D eigenvalue weighted by Gasteiger charge is -2.36. The van der Waals surface area contributed by atoms with Gasteiger partial charge < -0.3 is 10.1 Å². The van der Waals surface area contributed by atoms with Gasteiger partial charge in [-0.2, -0.15) is 0 Å². The van der Waals surface area contributed by atoms with Crippen molar-refractivity contribution in [2.24, 2.45) is 0 Å². The van der Waals surface area contributed by atoms with Crippen LogP contribution in [0.3, 0.4) is 0 Å². The number of nitrogens with one attached hydrogen (secondary N) is 1. The number of hydrogen-bond acceptors (Lipinski definition) is 3. The normalized spacial score (nSPS) is 22.3. The maximum absolute atomic E-state index is 12.1. The molecule has 0 aromatic carbocycles. The number of cyclic esters (lactones) is 1. The van der Waals surface area contributed by atoms with Crippen molar-refractivity contribution in [2.75, 3.05) is 0 Å². The first kappa shape index (κ1) is 13.8. The van der Waals surface area contributed by atoms with E-state index in [1.165, 1.54) is 0 Å². The Balaban J connectivity index is 2.99. The second-order valence-corrected chi connectivity index (χ2v) is 6.45. The Morgan fingerprint density at radius 1 is 1.24 bits per heavy atom. The predicted octanol–water partition coefficient (Wildman–Crippen LogP) is 2.50. The summed E-state index contributed by atoms with van der Waals surface area (Å²) >= 11 is 0. The smallest absolute Gasteiger partial charge is 0.419 e. The van der Waals surface area contributed by atoms with E-state index in [2.05, 4.69) is 5.32 Å². The summed E-state index contributed by atoms with van der Waals surface area (Å²) in [6.45, 7) is 12.8. The van der Waals surface area contributed by atoms with Gasteiger partial charge in [0.2, 0.25) is 0 Å². The van der Waals surface area contributed by atoms with E-state index >= 15 is 0 Å². The molecule has 1 aliphatic rings. The Bertz CT molecular complexity index is 353. The third-order valence-corrected chi connectivity index (χ3v) is 3.24. The Morgan fingerprint density at radius 2 is 1.71 bits per heavy atom. The Morgan fingerprint density at radius 3 is 2.00 bits per heavy atom. The molecule has 17 heavy (non-hydrogen) atoms. The van der Waals surface area contributed by atoms with Crippen LogP contribution in [0, 0.1) is 0 Å². The first-order valence-electron chi connectivity index (χ1n) is 5.74. The van der Waals surface area contributed by atoms with Gasteiger partial charge in [0.15, 0.2) is 0 Å². The molecule has 0 unspecified atom stereocenters. The molecule has 1 aliphatic heterocycles. The second kappa shape index (κ2) is 3.62. The summed E-state index contributed by atoms with van der Waals surface area (Å²) in [6, 6.07) is -0.418. The molecule has 0 aliphatic carbocycles. The number of amides is 3. The van der Waals surface area contributed by atoms with Gasteiger partial charge in [0.1, 0.15) is 5.60 Å². The summed E-state index contributed by atoms with van der Waals surface area (Å²) in [5.41, 5.74) is -1.76. The number of rotatable bonds is 0. The number of ether oxygens (including phenoxy) is 1. The molecule has 0 radical (unpaired) electrons. The molecule has 5 heteroatoms. The lowest BCUT2D eigenvalue weighted by molar-refractivity contribution is 0.0374. The Kier molecular flexibility index (Phi) is 2.94. The van der Waals surface area contributed by atoms with Crippen molar-refractivity contribution in [1.82, 2.24) is 10.2 Å². The van der Waals surface area contributed by atoms with Crippen LogP contribution in [0.2, 0.25) is 0 Å². The van der Waals surface area contributed by atoms with E-state index in [0.29, 0.717) is 0 Å². The van der Waals surface area contributed by atoms with Gasteiger partial charge in [-0.25, -0.2) is 14.5 Å². The highest BCUT2D eigenvalue weighted by molar-refractivity contribution is 5.94. The lowest BCUT2D eigenvalue weighted by atomic mass is 9.86. The molecule has 3 amide bonds. The molecular formula is C12H22N2O3. The molecule has 1 fully saturated rings. The zero-order valence-corrected chi connectivity index (χ0v) is 11.7. The highest BCUT2D eigenvalue weighted by Gasteiger charge is 2.57. The van der Waals surface area contributed by atoms with Gasteiger partial charge in [0.05, 0.1) is 5.54 Å². The molecule has 0 bridgehead atoms. The highest BCUT2D eigenvalue weighted by atomic mass is 16.6. The molecule has 5 nitrogen and oxygen atoms in total. The maximum Gasteiger partial charge on any atom is 0.419 e. The third-order valence-electron chi connectivity index (χ3n) is 3.24. The van der Waals surface area contributed by atoms with Crippen LogP contribution in [0.1, 0.15) is 48.5 Å². The van der Waals surface area contributed by atoms with E-state index in [-0.39, 0.29) is 5.54 Å². The fourth-order valence-electron chi connectivity index (χ4n) is 1.60. The quantitative estimate of drug-likeness (QED) is 0.710. The fraction of sp³-hybridized carbons (Fsp3) is 0.833. The molecule has 1 rings (SSSR count). The first-order valence-corrected chi connectivity index (χ1v) is 5.74. The summed E-state index contributed by atoms with van der Waals surface area (Å²) in [5, 5.41) is 2.77. The standard InChI is InChI=1S/C12H22N2O3/c1-10(2,3)13-8(15)14-9(16)17-12(6,7)11(14,4)5/h1-7H3,(H,13,15). The van der Waals surface area contributed by atoms with Crippen LogP contribution in [-0.4, -0.2) is 33.7 Å². The average Bonchev–Trinajstić information content (AvgIpc) is 2.11. The van der Waals surface area contributed by atoms with E-state index in [0.717, 1.165) is 4.90 Å². The highest BCUT2D eigenvalue weighted by Crippen LogP contribution is 2.38. The van der Waals surface area contributed by atoms with Crippen molar-refractivity contribution >= 4 is 12.1 Å². The van der Waals surface area contributed by atoms with Gasteiger partial charge in [-0.3, -0.25) is 0 Å². The molecule has 0 atom stereocenters. The van der Waals surface area contributed by atoms with Crippen molar-refractivity contribution in [3.8, 4) is 0 Å². The average molecular weight is 242 g/mol. The summed E-state index contributed by atoms with van der Waals surface area (Å²) in [7, 11) is 0. The summed E-state index contributed by atoms with van der Waals surface area (Å²) in [5.74, 6) is 0. The van der Waals surface area contributed by atoms with Crippen molar-refractivity contribution in [3.05, 3.63) is 0 Å². The van der Waals surface area contributed by atoms with Crippen molar-refractivity contribution in [1.29, 1.82) is 0 Å². The minimum absolute atomic E-state index is 0.389. The molecule has 0 aromatic rings. The van der Waals surface area contributed by atoms with E-state index in [9.17, 15) is 9.59 Å². The Labute approximate surface area is 102 Å². The van der Waals surface area contributed by atoms with Crippen molar-refractivity contribution < 1.29 is 14.3 Å². The fourth-order valence-corrected chi connectivity index (χ4v) is 1.60. The van der Waals surface area contributed by atoms with E-state index in [1.54, 1.807) is 13.8 Å². The van der Waals surface area contributed by atoms with Gasteiger partial charge in [0, 0.05) is 5.54 Å². The lowest BCUT2D eigenvalue weighted by Crippen LogP contribution is -2.58. The summed E-state index contributed by atoms with van der Waals surface area (Å²) < 4.78 is 5.24. The van der Waals surface area contributed by atoms with Gasteiger partial charge in [-0.1, -0.05) is 0 Å². The minimum Gasteiger partial charge on any atom is -0.441 e. The van der Waals surface area contributed by atoms with Crippen LogP contribution in [0.4, 0.5) is 9.59 Å². The molecule has 0 spiro atoms. The SMILES string of the molecule is CC(C)(C)NC(=O)N1C(=O)OC(C)(C)C1(C)C. The van der Waals surface area contributed by atoms with Crippen molar-refractivity contribution in [3.63, 3.8) is 0 Å². The summed E-state index contributed by atoms with van der Waals surface area (Å²) in [4.78, 5) is 25.0. The number of imide groups is 1.